The molecule has 0 aromatic carbocycles. The van der Waals surface area contributed by atoms with Gasteiger partial charge in [0.2, 0.25) is 5.91 Å². The summed E-state index contributed by atoms with van der Waals surface area (Å²) >= 11 is 0. The summed E-state index contributed by atoms with van der Waals surface area (Å²) in [5, 5.41) is 3.04. The van der Waals surface area contributed by atoms with Gasteiger partial charge in [-0.15, -0.1) is 24.8 Å². The molecule has 4 unspecified atom stereocenters. The summed E-state index contributed by atoms with van der Waals surface area (Å²) in [6.07, 6.45) is 5.48. The Morgan fingerprint density at radius 3 is 2.75 bits per heavy atom. The third-order valence-electron chi connectivity index (χ3n) is 5.47. The number of halogens is 2. The number of carbonyl (C=O) groups excluding carboxylic acids is 1. The zero-order valence-corrected chi connectivity index (χ0v) is 15.3. The van der Waals surface area contributed by atoms with Crippen LogP contribution in [0.5, 0.6) is 0 Å². The maximum absolute atomic E-state index is 12.5. The second-order valence-electron chi connectivity index (χ2n) is 6.78. The number of fused-ring (bicyclic) bond motifs is 3. The van der Waals surface area contributed by atoms with Crippen LogP contribution >= 0.6 is 24.8 Å². The highest BCUT2D eigenvalue weighted by Crippen LogP contribution is 2.47. The molecule has 132 valence electrons. The molecule has 0 saturated heterocycles. The number of pyridine rings is 1. The van der Waals surface area contributed by atoms with Gasteiger partial charge in [-0.1, -0.05) is 6.07 Å². The minimum Gasteiger partial charge on any atom is -0.350 e. The lowest BCUT2D eigenvalue weighted by Crippen LogP contribution is -2.45. The van der Waals surface area contributed by atoms with Crippen molar-refractivity contribution in [2.24, 2.45) is 23.5 Å². The maximum atomic E-state index is 12.5. The number of amides is 1. The first-order valence-electron chi connectivity index (χ1n) is 8.10. The summed E-state index contributed by atoms with van der Waals surface area (Å²) < 4.78 is 2.05. The zero-order chi connectivity index (χ0) is 15.3. The van der Waals surface area contributed by atoms with Crippen molar-refractivity contribution in [1.82, 2.24) is 14.7 Å². The number of aromatic nitrogens is 2. The van der Waals surface area contributed by atoms with E-state index < -0.39 is 0 Å². The molecule has 4 rings (SSSR count). The fourth-order valence-corrected chi connectivity index (χ4v) is 4.30. The SMILES string of the molecule is Cc1cccc2nc(CNC(=O)C3C4CCC(C4)C3N)cn12.Cl.Cl. The smallest absolute Gasteiger partial charge is 0.225 e. The van der Waals surface area contributed by atoms with Gasteiger partial charge >= 0.3 is 0 Å². The van der Waals surface area contributed by atoms with Gasteiger partial charge in [0.15, 0.2) is 0 Å². The summed E-state index contributed by atoms with van der Waals surface area (Å²) in [6, 6.07) is 6.06. The molecule has 2 aliphatic rings. The van der Waals surface area contributed by atoms with E-state index in [1.807, 2.05) is 35.7 Å². The van der Waals surface area contributed by atoms with E-state index in [-0.39, 0.29) is 42.7 Å². The number of nitrogens with two attached hydrogens (primary N) is 1. The Morgan fingerprint density at radius 2 is 2.08 bits per heavy atom. The van der Waals surface area contributed by atoms with Crippen LogP contribution in [-0.2, 0) is 11.3 Å². The van der Waals surface area contributed by atoms with E-state index in [1.165, 1.54) is 6.42 Å². The summed E-state index contributed by atoms with van der Waals surface area (Å²) in [5.41, 5.74) is 9.18. The molecule has 0 spiro atoms. The Bertz CT molecular complexity index is 730. The van der Waals surface area contributed by atoms with E-state index >= 15 is 0 Å². The molecule has 5 nitrogen and oxygen atoms in total. The lowest BCUT2D eigenvalue weighted by atomic mass is 9.84. The molecule has 24 heavy (non-hydrogen) atoms. The van der Waals surface area contributed by atoms with Gasteiger partial charge in [0.25, 0.3) is 0 Å². The second kappa shape index (κ2) is 7.30. The van der Waals surface area contributed by atoms with Crippen molar-refractivity contribution in [3.8, 4) is 0 Å². The van der Waals surface area contributed by atoms with Gasteiger partial charge in [0.1, 0.15) is 5.65 Å². The Hall–Kier alpha value is -1.30. The minimum absolute atomic E-state index is 0. The van der Waals surface area contributed by atoms with E-state index in [2.05, 4.69) is 10.3 Å². The first kappa shape index (κ1) is 19.0. The van der Waals surface area contributed by atoms with Gasteiger partial charge in [-0.2, -0.15) is 0 Å². The molecule has 2 bridgehead atoms. The highest BCUT2D eigenvalue weighted by Gasteiger charge is 2.48. The Balaban J connectivity index is 0.00000104. The molecule has 4 atom stereocenters. The van der Waals surface area contributed by atoms with Gasteiger partial charge in [-0.05, 0) is 50.2 Å². The topological polar surface area (TPSA) is 72.4 Å². The third kappa shape index (κ3) is 3.13. The van der Waals surface area contributed by atoms with E-state index in [0.29, 0.717) is 18.4 Å². The average Bonchev–Trinajstić information content (AvgIpc) is 3.18. The fraction of sp³-hybridized carbons (Fsp3) is 0.529. The van der Waals surface area contributed by atoms with Crippen molar-refractivity contribution in [2.75, 3.05) is 0 Å². The largest absolute Gasteiger partial charge is 0.350 e. The molecule has 7 heteroatoms. The summed E-state index contributed by atoms with van der Waals surface area (Å²) in [5.74, 6) is 1.15. The zero-order valence-electron chi connectivity index (χ0n) is 13.6. The van der Waals surface area contributed by atoms with Crippen LogP contribution in [-0.4, -0.2) is 21.3 Å². The summed E-state index contributed by atoms with van der Waals surface area (Å²) in [6.45, 7) is 2.52. The van der Waals surface area contributed by atoms with Crippen molar-refractivity contribution < 1.29 is 4.79 Å². The quantitative estimate of drug-likeness (QED) is 0.871. The molecular weight excluding hydrogens is 347 g/mol. The average molecular weight is 371 g/mol. The number of carbonyl (C=O) groups is 1. The number of rotatable bonds is 3. The van der Waals surface area contributed by atoms with E-state index in [9.17, 15) is 4.79 Å². The first-order chi connectivity index (χ1) is 10.6. The predicted octanol–water partition coefficient (Wildman–Crippen LogP) is 2.48. The van der Waals surface area contributed by atoms with Crippen LogP contribution < -0.4 is 11.1 Å². The molecular formula is C17H24Cl2N4O. The minimum atomic E-state index is -0.00230. The standard InChI is InChI=1S/C17H22N4O.2ClH/c1-10-3-2-4-14-20-13(9-21(10)14)8-19-17(22)15-11-5-6-12(7-11)16(15)18;;/h2-4,9,11-12,15-16H,5-8,18H2,1H3,(H,19,22);2*1H. The Morgan fingerprint density at radius 1 is 1.33 bits per heavy atom. The van der Waals surface area contributed by atoms with Gasteiger partial charge in [-0.3, -0.25) is 4.79 Å². The Kier molecular flexibility index (Phi) is 5.78. The number of nitrogens with one attached hydrogen (secondary N) is 1. The predicted molar refractivity (Wildman–Crippen MR) is 98.6 cm³/mol. The van der Waals surface area contributed by atoms with Gasteiger partial charge < -0.3 is 15.5 Å². The number of hydrogen-bond acceptors (Lipinski definition) is 3. The van der Waals surface area contributed by atoms with Crippen LogP contribution in [0.15, 0.2) is 24.4 Å². The normalized spacial score (nSPS) is 27.6. The van der Waals surface area contributed by atoms with Gasteiger partial charge in [0.05, 0.1) is 18.2 Å². The molecule has 3 N–H and O–H groups in total. The van der Waals surface area contributed by atoms with Crippen LogP contribution in [0.4, 0.5) is 0 Å². The van der Waals surface area contributed by atoms with Crippen molar-refractivity contribution in [2.45, 2.75) is 38.8 Å². The van der Waals surface area contributed by atoms with Crippen molar-refractivity contribution in [3.63, 3.8) is 0 Å². The lowest BCUT2D eigenvalue weighted by Gasteiger charge is -2.26. The van der Waals surface area contributed by atoms with Crippen LogP contribution in [0.25, 0.3) is 5.65 Å². The fourth-order valence-electron chi connectivity index (χ4n) is 4.30. The molecule has 2 fully saturated rings. The monoisotopic (exact) mass is 370 g/mol. The maximum Gasteiger partial charge on any atom is 0.225 e. The third-order valence-corrected chi connectivity index (χ3v) is 5.47. The molecule has 2 heterocycles. The first-order valence-corrected chi connectivity index (χ1v) is 8.10. The molecule has 2 aliphatic carbocycles. The van der Waals surface area contributed by atoms with E-state index in [0.717, 1.165) is 29.9 Å². The van der Waals surface area contributed by atoms with E-state index in [4.69, 9.17) is 5.73 Å². The number of nitrogens with zero attached hydrogens (tertiary/aromatic N) is 2. The molecule has 1 amide bonds. The molecule has 2 aromatic heterocycles. The summed E-state index contributed by atoms with van der Waals surface area (Å²) in [4.78, 5) is 17.0. The van der Waals surface area contributed by atoms with Gasteiger partial charge in [-0.25, -0.2) is 4.98 Å². The van der Waals surface area contributed by atoms with Crippen LogP contribution in [0.2, 0.25) is 0 Å². The molecule has 0 radical (unpaired) electrons. The molecule has 2 saturated carbocycles. The van der Waals surface area contributed by atoms with E-state index in [1.54, 1.807) is 0 Å². The van der Waals surface area contributed by atoms with Crippen molar-refractivity contribution in [3.05, 3.63) is 35.8 Å². The van der Waals surface area contributed by atoms with Crippen LogP contribution in [0, 0.1) is 24.7 Å². The highest BCUT2D eigenvalue weighted by molar-refractivity contribution is 5.85. The van der Waals surface area contributed by atoms with Crippen LogP contribution in [0.3, 0.4) is 0 Å². The Labute approximate surface area is 154 Å². The van der Waals surface area contributed by atoms with Gasteiger partial charge in [0, 0.05) is 17.9 Å². The second-order valence-corrected chi connectivity index (χ2v) is 6.78. The van der Waals surface area contributed by atoms with Crippen molar-refractivity contribution >= 4 is 36.4 Å². The number of aryl methyl sites for hydroxylation is 1. The molecule has 2 aromatic rings. The number of hydrogen-bond donors (Lipinski definition) is 2. The highest BCUT2D eigenvalue weighted by atomic mass is 35.5. The molecule has 0 aliphatic heterocycles. The summed E-state index contributed by atoms with van der Waals surface area (Å²) in [7, 11) is 0. The lowest BCUT2D eigenvalue weighted by molar-refractivity contribution is -0.127. The number of imidazole rings is 1. The van der Waals surface area contributed by atoms with Crippen LogP contribution in [0.1, 0.15) is 30.7 Å². The van der Waals surface area contributed by atoms with Crippen molar-refractivity contribution in [1.29, 1.82) is 0 Å².